The van der Waals surface area contributed by atoms with Crippen molar-refractivity contribution in [1.29, 1.82) is 0 Å². The van der Waals surface area contributed by atoms with Gasteiger partial charge in [-0.2, -0.15) is 0 Å². The fourth-order valence-corrected chi connectivity index (χ4v) is 2.48. The fraction of sp³-hybridized carbons (Fsp3) is 0.308. The van der Waals surface area contributed by atoms with Crippen LogP contribution in [0.5, 0.6) is 0 Å². The molecule has 0 bridgehead atoms. The highest BCUT2D eigenvalue weighted by Gasteiger charge is 2.14. The highest BCUT2D eigenvalue weighted by atomic mass is 127. The molecule has 0 atom stereocenters. The van der Waals surface area contributed by atoms with Crippen molar-refractivity contribution in [3.63, 3.8) is 0 Å². The number of H-pyrrole nitrogens is 1. The lowest BCUT2D eigenvalue weighted by molar-refractivity contribution is 0.720. The Kier molecular flexibility index (Phi) is 5.48. The zero-order chi connectivity index (χ0) is 14.4. The highest BCUT2D eigenvalue weighted by Crippen LogP contribution is 2.18. The summed E-state index contributed by atoms with van der Waals surface area (Å²) in [4.78, 5) is 24.7. The molecule has 0 aliphatic carbocycles. The van der Waals surface area contributed by atoms with Crippen molar-refractivity contribution in [2.75, 3.05) is 18.0 Å². The monoisotopic (exact) mass is 385 g/mol. The van der Waals surface area contributed by atoms with Crippen molar-refractivity contribution in [1.82, 2.24) is 15.0 Å². The van der Waals surface area contributed by atoms with Crippen LogP contribution in [0.2, 0.25) is 0 Å². The lowest BCUT2D eigenvalue weighted by Crippen LogP contribution is -2.29. The normalized spacial score (nSPS) is 10.5. The van der Waals surface area contributed by atoms with Crippen molar-refractivity contribution < 1.29 is 0 Å². The molecule has 3 N–H and O–H groups in total. The predicted octanol–water partition coefficient (Wildman–Crippen LogP) is 1.12. The molecule has 0 amide bonds. The third-order valence-electron chi connectivity index (χ3n) is 2.81. The van der Waals surface area contributed by atoms with E-state index in [0.717, 1.165) is 18.5 Å². The number of pyridine rings is 1. The van der Waals surface area contributed by atoms with Crippen LogP contribution < -0.4 is 16.2 Å². The van der Waals surface area contributed by atoms with E-state index in [2.05, 4.69) is 19.9 Å². The average Bonchev–Trinajstić information content (AvgIpc) is 2.48. The maximum absolute atomic E-state index is 11.7. The maximum atomic E-state index is 11.7. The Morgan fingerprint density at radius 2 is 2.30 bits per heavy atom. The first kappa shape index (κ1) is 14.9. The highest BCUT2D eigenvalue weighted by molar-refractivity contribution is 14.1. The van der Waals surface area contributed by atoms with Crippen molar-refractivity contribution >= 4 is 28.4 Å². The van der Waals surface area contributed by atoms with E-state index in [-0.39, 0.29) is 5.56 Å². The Hall–Kier alpha value is -1.48. The molecule has 0 aliphatic rings. The lowest BCUT2D eigenvalue weighted by atomic mass is 10.2. The standard InChI is InChI=1S/C13H16IN5O/c14-11-12(17-9-18-13(11)20)19(6-2-4-15)8-10-3-1-5-16-7-10/h1,3,5,7,9H,2,4,6,8,15H2,(H,17,18,20). The van der Waals surface area contributed by atoms with Crippen molar-refractivity contribution in [2.45, 2.75) is 13.0 Å². The molecule has 0 aromatic carbocycles. The van der Waals surface area contributed by atoms with E-state index < -0.39 is 0 Å². The van der Waals surface area contributed by atoms with E-state index in [1.807, 2.05) is 40.9 Å². The molecule has 7 heteroatoms. The minimum Gasteiger partial charge on any atom is -0.351 e. The van der Waals surface area contributed by atoms with Gasteiger partial charge in [0.15, 0.2) is 0 Å². The van der Waals surface area contributed by atoms with Crippen LogP contribution in [0.1, 0.15) is 12.0 Å². The van der Waals surface area contributed by atoms with Crippen LogP contribution in [0.15, 0.2) is 35.6 Å². The number of aromatic nitrogens is 3. The van der Waals surface area contributed by atoms with Crippen LogP contribution in [-0.2, 0) is 6.54 Å². The summed E-state index contributed by atoms with van der Waals surface area (Å²) in [6.07, 6.45) is 5.82. The number of halogens is 1. The van der Waals surface area contributed by atoms with Crippen molar-refractivity contribution in [2.24, 2.45) is 5.73 Å². The molecule has 0 fully saturated rings. The molecule has 2 aromatic heterocycles. The molecule has 2 rings (SSSR count). The lowest BCUT2D eigenvalue weighted by Gasteiger charge is -2.24. The van der Waals surface area contributed by atoms with Gasteiger partial charge in [-0.1, -0.05) is 6.07 Å². The van der Waals surface area contributed by atoms with Gasteiger partial charge < -0.3 is 15.6 Å². The first-order valence-electron chi connectivity index (χ1n) is 6.29. The molecule has 20 heavy (non-hydrogen) atoms. The number of anilines is 1. The van der Waals surface area contributed by atoms with Crippen molar-refractivity contribution in [3.05, 3.63) is 50.3 Å². The summed E-state index contributed by atoms with van der Waals surface area (Å²) in [7, 11) is 0. The Morgan fingerprint density at radius 3 is 3.00 bits per heavy atom. The third kappa shape index (κ3) is 3.76. The SMILES string of the molecule is NCCCN(Cc1cccnc1)c1nc[nH]c(=O)c1I. The quantitative estimate of drug-likeness (QED) is 0.728. The molecule has 0 aliphatic heterocycles. The summed E-state index contributed by atoms with van der Waals surface area (Å²) in [5, 5.41) is 0. The number of nitrogens with one attached hydrogen (secondary N) is 1. The molecule has 6 nitrogen and oxygen atoms in total. The molecule has 0 saturated heterocycles. The van der Waals surface area contributed by atoms with Gasteiger partial charge in [-0.25, -0.2) is 4.98 Å². The second-order valence-corrected chi connectivity index (χ2v) is 5.37. The average molecular weight is 385 g/mol. The predicted molar refractivity (Wildman–Crippen MR) is 86.5 cm³/mol. The number of nitrogens with zero attached hydrogens (tertiary/aromatic N) is 3. The molecule has 106 valence electrons. The smallest absolute Gasteiger partial charge is 0.266 e. The van der Waals surface area contributed by atoms with Crippen LogP contribution in [0.25, 0.3) is 0 Å². The summed E-state index contributed by atoms with van der Waals surface area (Å²) >= 11 is 2.02. The first-order valence-corrected chi connectivity index (χ1v) is 7.37. The van der Waals surface area contributed by atoms with Crippen LogP contribution in [0.4, 0.5) is 5.82 Å². The van der Waals surface area contributed by atoms with Gasteiger partial charge in [0, 0.05) is 25.5 Å². The van der Waals surface area contributed by atoms with Gasteiger partial charge in [-0.05, 0) is 47.2 Å². The van der Waals surface area contributed by atoms with Gasteiger partial charge in [0.1, 0.15) is 9.39 Å². The Balaban J connectivity index is 2.27. The van der Waals surface area contributed by atoms with Gasteiger partial charge in [-0.15, -0.1) is 0 Å². The van der Waals surface area contributed by atoms with Gasteiger partial charge in [0.05, 0.1) is 6.33 Å². The number of nitrogens with two attached hydrogens (primary N) is 1. The first-order chi connectivity index (χ1) is 9.72. The van der Waals surface area contributed by atoms with E-state index in [9.17, 15) is 4.79 Å². The second kappa shape index (κ2) is 7.34. The minimum absolute atomic E-state index is 0.125. The fourth-order valence-electron chi connectivity index (χ4n) is 1.85. The summed E-state index contributed by atoms with van der Waals surface area (Å²) in [6, 6.07) is 3.90. The molecule has 0 spiro atoms. The summed E-state index contributed by atoms with van der Waals surface area (Å²) in [6.45, 7) is 2.00. The number of aromatic amines is 1. The van der Waals surface area contributed by atoms with E-state index in [4.69, 9.17) is 5.73 Å². The van der Waals surface area contributed by atoms with E-state index in [1.165, 1.54) is 6.33 Å². The van der Waals surface area contributed by atoms with E-state index in [0.29, 0.717) is 22.5 Å². The summed E-state index contributed by atoms with van der Waals surface area (Å²) in [5.41, 5.74) is 6.53. The number of rotatable bonds is 6. The number of hydrogen-bond donors (Lipinski definition) is 2. The molecule has 0 radical (unpaired) electrons. The Morgan fingerprint density at radius 1 is 1.45 bits per heavy atom. The van der Waals surface area contributed by atoms with Crippen LogP contribution in [-0.4, -0.2) is 28.0 Å². The van der Waals surface area contributed by atoms with Gasteiger partial charge in [0.2, 0.25) is 0 Å². The van der Waals surface area contributed by atoms with E-state index in [1.54, 1.807) is 6.20 Å². The van der Waals surface area contributed by atoms with Gasteiger partial charge >= 0.3 is 0 Å². The summed E-state index contributed by atoms with van der Waals surface area (Å²) < 4.78 is 0.589. The molecular weight excluding hydrogens is 369 g/mol. The second-order valence-electron chi connectivity index (χ2n) is 4.29. The largest absolute Gasteiger partial charge is 0.351 e. The van der Waals surface area contributed by atoms with Crippen molar-refractivity contribution in [3.8, 4) is 0 Å². The molecule has 0 unspecified atom stereocenters. The molecule has 2 aromatic rings. The van der Waals surface area contributed by atoms with Gasteiger partial charge in [0.25, 0.3) is 5.56 Å². The topological polar surface area (TPSA) is 87.9 Å². The Labute approximate surface area is 130 Å². The summed E-state index contributed by atoms with van der Waals surface area (Å²) in [5.74, 6) is 0.687. The number of hydrogen-bond acceptors (Lipinski definition) is 5. The van der Waals surface area contributed by atoms with Crippen LogP contribution in [0.3, 0.4) is 0 Å². The third-order valence-corrected chi connectivity index (χ3v) is 3.78. The zero-order valence-corrected chi connectivity index (χ0v) is 13.1. The van der Waals surface area contributed by atoms with E-state index >= 15 is 0 Å². The Bertz CT molecular complexity index is 601. The molecular formula is C13H16IN5O. The van der Waals surface area contributed by atoms with Gasteiger partial charge in [-0.3, -0.25) is 9.78 Å². The minimum atomic E-state index is -0.125. The zero-order valence-electron chi connectivity index (χ0n) is 10.9. The maximum Gasteiger partial charge on any atom is 0.266 e. The van der Waals surface area contributed by atoms with Crippen LogP contribution in [0, 0.1) is 3.57 Å². The molecule has 0 saturated carbocycles. The molecule has 2 heterocycles. The van der Waals surface area contributed by atoms with Crippen LogP contribution >= 0.6 is 22.6 Å².